The summed E-state index contributed by atoms with van der Waals surface area (Å²) in [6, 6.07) is 14.3. The third-order valence-corrected chi connectivity index (χ3v) is 5.20. The number of ether oxygens (including phenoxy) is 2. The number of aryl methyl sites for hydroxylation is 2. The average molecular weight is 382 g/mol. The molecule has 0 heterocycles. The largest absolute Gasteiger partial charge is 0.494 e. The van der Waals surface area contributed by atoms with Crippen molar-refractivity contribution < 1.29 is 14.3 Å². The Kier molecular flexibility index (Phi) is 7.35. The van der Waals surface area contributed by atoms with E-state index in [1.807, 2.05) is 38.1 Å². The molecular formula is C24H31NO3. The van der Waals surface area contributed by atoms with E-state index in [1.165, 1.54) is 29.5 Å². The van der Waals surface area contributed by atoms with E-state index >= 15 is 0 Å². The van der Waals surface area contributed by atoms with Crippen LogP contribution in [0.2, 0.25) is 0 Å². The lowest BCUT2D eigenvalue weighted by molar-refractivity contribution is -0.127. The molecule has 4 heteroatoms. The molecule has 0 radical (unpaired) electrons. The van der Waals surface area contributed by atoms with E-state index in [9.17, 15) is 4.79 Å². The molecule has 0 bridgehead atoms. The lowest BCUT2D eigenvalue weighted by Crippen LogP contribution is -2.37. The molecule has 1 aliphatic rings. The topological polar surface area (TPSA) is 47.6 Å². The van der Waals surface area contributed by atoms with Crippen molar-refractivity contribution in [1.82, 2.24) is 5.32 Å². The van der Waals surface area contributed by atoms with Crippen molar-refractivity contribution in [3.05, 3.63) is 59.2 Å². The second-order valence-corrected chi connectivity index (χ2v) is 7.33. The fourth-order valence-electron chi connectivity index (χ4n) is 3.67. The number of carbonyl (C=O) groups excluding carboxylic acids is 1. The van der Waals surface area contributed by atoms with Gasteiger partial charge in [-0.1, -0.05) is 24.3 Å². The molecule has 28 heavy (non-hydrogen) atoms. The predicted octanol–water partition coefficient (Wildman–Crippen LogP) is 4.48. The smallest absolute Gasteiger partial charge is 0.260 e. The molecule has 1 amide bonds. The Hall–Kier alpha value is -2.49. The van der Waals surface area contributed by atoms with E-state index < -0.39 is 6.10 Å². The molecular weight excluding hydrogens is 350 g/mol. The van der Waals surface area contributed by atoms with Gasteiger partial charge in [-0.2, -0.15) is 0 Å². The van der Waals surface area contributed by atoms with Gasteiger partial charge in [-0.25, -0.2) is 0 Å². The second-order valence-electron chi connectivity index (χ2n) is 7.33. The van der Waals surface area contributed by atoms with Crippen molar-refractivity contribution in [2.24, 2.45) is 0 Å². The van der Waals surface area contributed by atoms with E-state index in [4.69, 9.17) is 9.47 Å². The number of hydrogen-bond acceptors (Lipinski definition) is 3. The van der Waals surface area contributed by atoms with Gasteiger partial charge in [-0.3, -0.25) is 4.79 Å². The summed E-state index contributed by atoms with van der Waals surface area (Å²) >= 11 is 0. The zero-order valence-electron chi connectivity index (χ0n) is 17.0. The Morgan fingerprint density at radius 2 is 1.89 bits per heavy atom. The van der Waals surface area contributed by atoms with Crippen LogP contribution in [0.4, 0.5) is 0 Å². The predicted molar refractivity (Wildman–Crippen MR) is 112 cm³/mol. The number of hydrogen-bond donors (Lipinski definition) is 1. The van der Waals surface area contributed by atoms with Gasteiger partial charge in [-0.05, 0) is 87.3 Å². The van der Waals surface area contributed by atoms with E-state index in [-0.39, 0.29) is 5.91 Å². The number of benzene rings is 2. The van der Waals surface area contributed by atoms with E-state index in [2.05, 4.69) is 23.5 Å². The van der Waals surface area contributed by atoms with Crippen LogP contribution < -0.4 is 14.8 Å². The number of carbonyl (C=O) groups is 1. The van der Waals surface area contributed by atoms with Crippen molar-refractivity contribution in [2.45, 2.75) is 58.5 Å². The maximum atomic E-state index is 12.4. The minimum Gasteiger partial charge on any atom is -0.494 e. The van der Waals surface area contributed by atoms with Crippen LogP contribution >= 0.6 is 0 Å². The first kappa shape index (κ1) is 20.2. The zero-order valence-corrected chi connectivity index (χ0v) is 17.0. The van der Waals surface area contributed by atoms with Crippen LogP contribution in [-0.2, 0) is 24.1 Å². The number of fused-ring (bicyclic) bond motifs is 1. The highest BCUT2D eigenvalue weighted by molar-refractivity contribution is 5.80. The highest BCUT2D eigenvalue weighted by Gasteiger charge is 2.19. The molecule has 3 rings (SSSR count). The summed E-state index contributed by atoms with van der Waals surface area (Å²) in [6.45, 7) is 5.13. The summed E-state index contributed by atoms with van der Waals surface area (Å²) < 4.78 is 11.5. The highest BCUT2D eigenvalue weighted by atomic mass is 16.5. The fraction of sp³-hybridized carbons (Fsp3) is 0.458. The van der Waals surface area contributed by atoms with Gasteiger partial charge in [0.25, 0.3) is 5.91 Å². The van der Waals surface area contributed by atoms with Crippen LogP contribution in [0.25, 0.3) is 0 Å². The Morgan fingerprint density at radius 1 is 1.11 bits per heavy atom. The molecule has 1 N–H and O–H groups in total. The van der Waals surface area contributed by atoms with Crippen LogP contribution in [0.3, 0.4) is 0 Å². The van der Waals surface area contributed by atoms with Gasteiger partial charge in [0, 0.05) is 6.54 Å². The molecule has 0 aliphatic heterocycles. The van der Waals surface area contributed by atoms with Gasteiger partial charge in [0.1, 0.15) is 11.5 Å². The van der Waals surface area contributed by atoms with Gasteiger partial charge in [0.15, 0.2) is 6.10 Å². The molecule has 0 aromatic heterocycles. The van der Waals surface area contributed by atoms with E-state index in [0.29, 0.717) is 13.2 Å². The number of rotatable bonds is 9. The molecule has 0 spiro atoms. The maximum absolute atomic E-state index is 12.4. The zero-order chi connectivity index (χ0) is 19.8. The maximum Gasteiger partial charge on any atom is 0.260 e. The van der Waals surface area contributed by atoms with Crippen molar-refractivity contribution in [1.29, 1.82) is 0 Å². The van der Waals surface area contributed by atoms with Crippen LogP contribution in [0.5, 0.6) is 11.5 Å². The first-order valence-corrected chi connectivity index (χ1v) is 10.4. The minimum absolute atomic E-state index is 0.0555. The summed E-state index contributed by atoms with van der Waals surface area (Å²) in [5.41, 5.74) is 3.90. The first-order valence-electron chi connectivity index (χ1n) is 10.4. The third kappa shape index (κ3) is 5.51. The highest BCUT2D eigenvalue weighted by Crippen LogP contribution is 2.30. The number of nitrogens with one attached hydrogen (secondary N) is 1. The first-order chi connectivity index (χ1) is 13.7. The van der Waals surface area contributed by atoms with E-state index in [1.54, 1.807) is 0 Å². The van der Waals surface area contributed by atoms with Crippen LogP contribution in [0, 0.1) is 0 Å². The Balaban J connectivity index is 1.42. The molecule has 2 aromatic rings. The van der Waals surface area contributed by atoms with Gasteiger partial charge in [0.05, 0.1) is 6.61 Å². The van der Waals surface area contributed by atoms with Crippen molar-refractivity contribution in [3.63, 3.8) is 0 Å². The van der Waals surface area contributed by atoms with Crippen LogP contribution in [0.1, 0.15) is 49.8 Å². The standard InChI is InChI=1S/C24H31NO3/c1-3-27-21-15-13-19(14-16-21)8-7-17-25-24(26)18(2)28-23-12-6-10-20-9-4-5-11-22(20)23/h6,10,12-16,18H,3-5,7-9,11,17H2,1-2H3,(H,25,26)/t18-/m1/s1. The summed E-state index contributed by atoms with van der Waals surface area (Å²) in [5, 5.41) is 3.00. The van der Waals surface area contributed by atoms with Gasteiger partial charge in [-0.15, -0.1) is 0 Å². The molecule has 0 saturated heterocycles. The van der Waals surface area contributed by atoms with Crippen molar-refractivity contribution >= 4 is 5.91 Å². The Morgan fingerprint density at radius 3 is 2.68 bits per heavy atom. The summed E-state index contributed by atoms with van der Waals surface area (Å²) in [7, 11) is 0. The average Bonchev–Trinajstić information content (AvgIpc) is 2.72. The van der Waals surface area contributed by atoms with Crippen molar-refractivity contribution in [3.8, 4) is 11.5 Å². The molecule has 1 atom stereocenters. The monoisotopic (exact) mass is 381 g/mol. The summed E-state index contributed by atoms with van der Waals surface area (Å²) in [4.78, 5) is 12.4. The quantitative estimate of drug-likeness (QED) is 0.652. The lowest BCUT2D eigenvalue weighted by Gasteiger charge is -2.22. The number of amides is 1. The van der Waals surface area contributed by atoms with Crippen LogP contribution in [-0.4, -0.2) is 25.2 Å². The van der Waals surface area contributed by atoms with Gasteiger partial charge < -0.3 is 14.8 Å². The van der Waals surface area contributed by atoms with Crippen molar-refractivity contribution in [2.75, 3.05) is 13.2 Å². The summed E-state index contributed by atoms with van der Waals surface area (Å²) in [6.07, 6.45) is 5.92. The lowest BCUT2D eigenvalue weighted by atomic mass is 9.91. The fourth-order valence-corrected chi connectivity index (χ4v) is 3.67. The molecule has 2 aromatic carbocycles. The molecule has 1 aliphatic carbocycles. The molecule has 0 unspecified atom stereocenters. The SMILES string of the molecule is CCOc1ccc(CCCNC(=O)[C@@H](C)Oc2cccc3c2CCCC3)cc1. The Bertz CT molecular complexity index is 770. The van der Waals surface area contributed by atoms with Gasteiger partial charge >= 0.3 is 0 Å². The Labute approximate surface area is 168 Å². The minimum atomic E-state index is -0.487. The summed E-state index contributed by atoms with van der Waals surface area (Å²) in [5.74, 6) is 1.71. The molecule has 0 saturated carbocycles. The molecule has 150 valence electrons. The normalized spacial score (nSPS) is 14.1. The van der Waals surface area contributed by atoms with E-state index in [0.717, 1.165) is 37.2 Å². The van der Waals surface area contributed by atoms with Gasteiger partial charge in [0.2, 0.25) is 0 Å². The third-order valence-electron chi connectivity index (χ3n) is 5.20. The second kappa shape index (κ2) is 10.2. The van der Waals surface area contributed by atoms with Crippen LogP contribution in [0.15, 0.2) is 42.5 Å². The molecule has 0 fully saturated rings. The molecule has 4 nitrogen and oxygen atoms in total.